The molecule has 11 heteroatoms. The van der Waals surface area contributed by atoms with Crippen LogP contribution in [0.5, 0.6) is 5.88 Å². The third-order valence-corrected chi connectivity index (χ3v) is 2.47. The van der Waals surface area contributed by atoms with Gasteiger partial charge in [-0.05, 0) is 26.8 Å². The van der Waals surface area contributed by atoms with E-state index in [1.807, 2.05) is 0 Å². The van der Waals surface area contributed by atoms with E-state index >= 15 is 0 Å². The number of pyridine rings is 1. The molecule has 0 aliphatic heterocycles. The van der Waals surface area contributed by atoms with Crippen molar-refractivity contribution >= 4 is 17.7 Å². The molecule has 2 amide bonds. The average Bonchev–Trinajstić information content (AvgIpc) is 2.42. The summed E-state index contributed by atoms with van der Waals surface area (Å²) in [5, 5.41) is 2.05. The lowest BCUT2D eigenvalue weighted by Crippen LogP contribution is -2.33. The Hall–Kier alpha value is -2.56. The minimum absolute atomic E-state index is 0.514. The number of rotatable bonds is 3. The lowest BCUT2D eigenvalue weighted by molar-refractivity contribution is -0.139. The Balaban J connectivity index is 3.38. The fraction of sp³-hybridized carbons (Fsp3) is 0.462. The number of anilines is 1. The second-order valence-corrected chi connectivity index (χ2v) is 5.54. The molecule has 0 bridgehead atoms. The molecule has 24 heavy (non-hydrogen) atoms. The summed E-state index contributed by atoms with van der Waals surface area (Å²) in [5.74, 6) is 3.12. The fourth-order valence-electron chi connectivity index (χ4n) is 1.61. The first-order valence-electron chi connectivity index (χ1n) is 6.56. The van der Waals surface area contributed by atoms with Gasteiger partial charge in [0.05, 0.1) is 12.8 Å². The second-order valence-electron chi connectivity index (χ2n) is 5.54. The number of methoxy groups -OCH3 is 1. The van der Waals surface area contributed by atoms with Gasteiger partial charge in [0.25, 0.3) is 5.91 Å². The molecule has 8 nitrogen and oxygen atoms in total. The summed E-state index contributed by atoms with van der Waals surface area (Å²) in [5.41, 5.74) is -1.54. The van der Waals surface area contributed by atoms with Gasteiger partial charge in [0.1, 0.15) is 11.2 Å². The van der Waals surface area contributed by atoms with Crippen molar-refractivity contribution in [3.05, 3.63) is 17.3 Å². The van der Waals surface area contributed by atoms with E-state index < -0.39 is 46.6 Å². The molecule has 1 aromatic rings. The average molecular weight is 350 g/mol. The van der Waals surface area contributed by atoms with Crippen LogP contribution < -0.4 is 21.3 Å². The Labute approximate surface area is 135 Å². The summed E-state index contributed by atoms with van der Waals surface area (Å²) >= 11 is 0. The van der Waals surface area contributed by atoms with E-state index in [9.17, 15) is 22.8 Å². The molecule has 1 aromatic heterocycles. The monoisotopic (exact) mass is 350 g/mol. The van der Waals surface area contributed by atoms with E-state index in [4.69, 9.17) is 10.6 Å². The molecule has 0 saturated heterocycles. The van der Waals surface area contributed by atoms with Gasteiger partial charge in [0.15, 0.2) is 5.69 Å². The number of carbonyl (C=O) groups excluding carboxylic acids is 2. The van der Waals surface area contributed by atoms with Gasteiger partial charge in [-0.1, -0.05) is 0 Å². The van der Waals surface area contributed by atoms with E-state index in [1.54, 1.807) is 26.2 Å². The smallest absolute Gasteiger partial charge is 0.421 e. The first-order valence-corrected chi connectivity index (χ1v) is 6.56. The zero-order valence-corrected chi connectivity index (χ0v) is 13.4. The van der Waals surface area contributed by atoms with Gasteiger partial charge in [-0.15, -0.1) is 0 Å². The van der Waals surface area contributed by atoms with Gasteiger partial charge in [-0.3, -0.25) is 15.5 Å². The number of hydrogen-bond acceptors (Lipinski definition) is 6. The summed E-state index contributed by atoms with van der Waals surface area (Å²) in [6.45, 7) is 4.69. The molecule has 0 atom stereocenters. The molecular weight excluding hydrogens is 333 g/mol. The predicted octanol–water partition coefficient (Wildman–Crippen LogP) is 2.06. The SMILES string of the molecule is COc1nc(C(=O)NN)c(NC(=O)OC(C)(C)C)cc1C(F)(F)F. The molecule has 0 aromatic carbocycles. The Bertz CT molecular complexity index is 641. The van der Waals surface area contributed by atoms with Gasteiger partial charge in [0.2, 0.25) is 5.88 Å². The summed E-state index contributed by atoms with van der Waals surface area (Å²) in [7, 11) is 0.961. The maximum atomic E-state index is 13.0. The molecular formula is C13H17F3N4O4. The van der Waals surface area contributed by atoms with Crippen molar-refractivity contribution in [2.45, 2.75) is 32.5 Å². The van der Waals surface area contributed by atoms with Gasteiger partial charge in [0, 0.05) is 0 Å². The molecule has 134 valence electrons. The Morgan fingerprint density at radius 2 is 1.83 bits per heavy atom. The lowest BCUT2D eigenvalue weighted by Gasteiger charge is -2.21. The van der Waals surface area contributed by atoms with Gasteiger partial charge in [-0.25, -0.2) is 15.6 Å². The first-order chi connectivity index (χ1) is 10.9. The Morgan fingerprint density at radius 3 is 2.25 bits per heavy atom. The van der Waals surface area contributed by atoms with Crippen LogP contribution in [-0.4, -0.2) is 29.7 Å². The third-order valence-electron chi connectivity index (χ3n) is 2.47. The van der Waals surface area contributed by atoms with Crippen LogP contribution in [0, 0.1) is 0 Å². The second kappa shape index (κ2) is 6.91. The van der Waals surface area contributed by atoms with Crippen LogP contribution in [0.25, 0.3) is 0 Å². The summed E-state index contributed by atoms with van der Waals surface area (Å²) in [6.07, 6.45) is -5.88. The van der Waals surface area contributed by atoms with E-state index in [0.29, 0.717) is 6.07 Å². The topological polar surface area (TPSA) is 116 Å². The van der Waals surface area contributed by atoms with E-state index in [1.165, 1.54) is 0 Å². The first kappa shape index (κ1) is 19.5. The summed E-state index contributed by atoms with van der Waals surface area (Å²) < 4.78 is 48.6. The highest BCUT2D eigenvalue weighted by Crippen LogP contribution is 2.37. The number of aromatic nitrogens is 1. The van der Waals surface area contributed by atoms with Crippen LogP contribution in [0.15, 0.2) is 6.07 Å². The van der Waals surface area contributed by atoms with Crippen molar-refractivity contribution in [2.24, 2.45) is 5.84 Å². The highest BCUT2D eigenvalue weighted by Gasteiger charge is 2.37. The number of halogens is 3. The molecule has 0 saturated carbocycles. The fourth-order valence-corrected chi connectivity index (χ4v) is 1.61. The number of nitrogens with zero attached hydrogens (tertiary/aromatic N) is 1. The molecule has 0 spiro atoms. The molecule has 0 aliphatic carbocycles. The molecule has 0 aliphatic rings. The number of hydrogen-bond donors (Lipinski definition) is 3. The molecule has 0 unspecified atom stereocenters. The van der Waals surface area contributed by atoms with Crippen molar-refractivity contribution in [1.82, 2.24) is 10.4 Å². The van der Waals surface area contributed by atoms with Crippen molar-refractivity contribution in [2.75, 3.05) is 12.4 Å². The van der Waals surface area contributed by atoms with Crippen LogP contribution in [0.3, 0.4) is 0 Å². The summed E-state index contributed by atoms with van der Waals surface area (Å²) in [4.78, 5) is 26.9. The molecule has 0 radical (unpaired) electrons. The largest absolute Gasteiger partial charge is 0.481 e. The number of hydrazine groups is 1. The minimum atomic E-state index is -4.82. The third kappa shape index (κ3) is 4.98. The number of nitrogens with one attached hydrogen (secondary N) is 2. The predicted molar refractivity (Wildman–Crippen MR) is 77.3 cm³/mol. The van der Waals surface area contributed by atoms with Crippen LogP contribution in [-0.2, 0) is 10.9 Å². The number of amides is 2. The normalized spacial score (nSPS) is 11.7. The molecule has 0 fully saturated rings. The van der Waals surface area contributed by atoms with Crippen LogP contribution in [0.1, 0.15) is 36.8 Å². The summed E-state index contributed by atoms with van der Waals surface area (Å²) in [6, 6.07) is 0.514. The Morgan fingerprint density at radius 1 is 1.25 bits per heavy atom. The van der Waals surface area contributed by atoms with Crippen molar-refractivity contribution < 1.29 is 32.2 Å². The molecule has 1 heterocycles. The van der Waals surface area contributed by atoms with Crippen LogP contribution in [0.4, 0.5) is 23.7 Å². The number of nitrogen functional groups attached to an aromatic ring is 1. The van der Waals surface area contributed by atoms with Crippen molar-refractivity contribution in [3.8, 4) is 5.88 Å². The quantitative estimate of drug-likeness (QED) is 0.437. The number of nitrogens with two attached hydrogens (primary N) is 1. The number of carbonyl (C=O) groups is 2. The Kier molecular flexibility index (Phi) is 5.61. The number of ether oxygens (including phenoxy) is 2. The zero-order chi connectivity index (χ0) is 18.7. The maximum absolute atomic E-state index is 13.0. The van der Waals surface area contributed by atoms with Gasteiger partial charge >= 0.3 is 12.3 Å². The van der Waals surface area contributed by atoms with Crippen LogP contribution >= 0.6 is 0 Å². The van der Waals surface area contributed by atoms with E-state index in [2.05, 4.69) is 15.0 Å². The van der Waals surface area contributed by atoms with Gasteiger partial charge < -0.3 is 9.47 Å². The number of alkyl halides is 3. The van der Waals surface area contributed by atoms with E-state index in [0.717, 1.165) is 7.11 Å². The highest BCUT2D eigenvalue weighted by atomic mass is 19.4. The van der Waals surface area contributed by atoms with E-state index in [-0.39, 0.29) is 0 Å². The zero-order valence-electron chi connectivity index (χ0n) is 13.4. The maximum Gasteiger partial charge on any atom is 0.421 e. The standard InChI is InChI=1S/C13H17F3N4O4/c1-12(2,3)24-11(22)18-7-5-6(13(14,15)16)10(23-4)19-8(7)9(21)20-17/h5H,17H2,1-4H3,(H,18,22)(H,20,21). The van der Waals surface area contributed by atoms with Crippen molar-refractivity contribution in [1.29, 1.82) is 0 Å². The highest BCUT2D eigenvalue weighted by molar-refractivity contribution is 6.01. The minimum Gasteiger partial charge on any atom is -0.481 e. The molecule has 4 N–H and O–H groups in total. The lowest BCUT2D eigenvalue weighted by atomic mass is 10.2. The van der Waals surface area contributed by atoms with Crippen molar-refractivity contribution in [3.63, 3.8) is 0 Å². The van der Waals surface area contributed by atoms with Gasteiger partial charge in [-0.2, -0.15) is 13.2 Å². The molecule has 1 rings (SSSR count). The van der Waals surface area contributed by atoms with Crippen LogP contribution in [0.2, 0.25) is 0 Å².